The Morgan fingerprint density at radius 1 is 1.25 bits per heavy atom. The minimum atomic E-state index is -2.98. The van der Waals surface area contributed by atoms with Crippen LogP contribution >= 0.6 is 24.0 Å². The Morgan fingerprint density at radius 3 is 2.61 bits per heavy atom. The molecule has 158 valence electrons. The van der Waals surface area contributed by atoms with Crippen LogP contribution in [0, 0.1) is 13.8 Å². The first-order valence-electron chi connectivity index (χ1n) is 9.37. The number of aryl methyl sites for hydroxylation is 2. The summed E-state index contributed by atoms with van der Waals surface area (Å²) >= 11 is 0. The first-order valence-corrected chi connectivity index (χ1v) is 11.2. The fourth-order valence-electron chi connectivity index (χ4n) is 3.03. The maximum Gasteiger partial charge on any atom is 0.222 e. The molecule has 2 rings (SSSR count). The lowest BCUT2D eigenvalue weighted by atomic mass is 10.1. The van der Waals surface area contributed by atoms with E-state index in [-0.39, 0.29) is 53.9 Å². The molecule has 0 radical (unpaired) electrons. The van der Waals surface area contributed by atoms with Crippen LogP contribution in [0.5, 0.6) is 0 Å². The lowest BCUT2D eigenvalue weighted by Gasteiger charge is -2.13. The van der Waals surface area contributed by atoms with E-state index in [0.717, 1.165) is 12.1 Å². The van der Waals surface area contributed by atoms with Crippen molar-refractivity contribution in [1.82, 2.24) is 16.0 Å². The summed E-state index contributed by atoms with van der Waals surface area (Å²) in [5.74, 6) is 0.724. The summed E-state index contributed by atoms with van der Waals surface area (Å²) in [5, 5.41) is 9.12. The fraction of sp³-hybridized carbons (Fsp3) is 0.579. The molecule has 1 aliphatic heterocycles. The van der Waals surface area contributed by atoms with Gasteiger partial charge in [0, 0.05) is 25.6 Å². The van der Waals surface area contributed by atoms with Gasteiger partial charge in [-0.05, 0) is 38.3 Å². The number of sulfone groups is 1. The topological polar surface area (TPSA) is 99.7 Å². The van der Waals surface area contributed by atoms with Gasteiger partial charge in [0.1, 0.15) is 0 Å². The summed E-state index contributed by atoms with van der Waals surface area (Å²) < 4.78 is 22.9. The molecule has 1 fully saturated rings. The molecule has 1 atom stereocenters. The SMILES string of the molecule is CCNC(=NCc1ccc(C)cc1C)NCCC(=O)NC1CCS(=O)(=O)C1.I. The van der Waals surface area contributed by atoms with Crippen molar-refractivity contribution in [1.29, 1.82) is 0 Å². The van der Waals surface area contributed by atoms with Gasteiger partial charge in [0.2, 0.25) is 5.91 Å². The molecule has 7 nitrogen and oxygen atoms in total. The summed E-state index contributed by atoms with van der Waals surface area (Å²) in [7, 11) is -2.98. The summed E-state index contributed by atoms with van der Waals surface area (Å²) in [5.41, 5.74) is 3.60. The Kier molecular flexibility index (Phi) is 10.2. The number of nitrogens with one attached hydrogen (secondary N) is 3. The lowest BCUT2D eigenvalue weighted by Crippen LogP contribution is -2.41. The highest BCUT2D eigenvalue weighted by Crippen LogP contribution is 2.12. The second-order valence-corrected chi connectivity index (χ2v) is 9.20. The molecule has 1 saturated heterocycles. The van der Waals surface area contributed by atoms with Crippen LogP contribution < -0.4 is 16.0 Å². The molecule has 0 spiro atoms. The average molecular weight is 522 g/mol. The summed E-state index contributed by atoms with van der Waals surface area (Å²) in [6.45, 7) is 7.85. The number of benzene rings is 1. The standard InChI is InChI=1S/C19H30N4O3S.HI/c1-4-20-19(22-12-16-6-5-14(2)11-15(16)3)21-9-7-18(24)23-17-8-10-27(25,26)13-17;/h5-6,11,17H,4,7-10,12-13H2,1-3H3,(H,23,24)(H2,20,21,22);1H. The van der Waals surface area contributed by atoms with Gasteiger partial charge in [0.05, 0.1) is 18.1 Å². The van der Waals surface area contributed by atoms with E-state index >= 15 is 0 Å². The zero-order valence-electron chi connectivity index (χ0n) is 16.7. The molecule has 0 aromatic heterocycles. The van der Waals surface area contributed by atoms with Crippen molar-refractivity contribution in [2.24, 2.45) is 4.99 Å². The van der Waals surface area contributed by atoms with Crippen LogP contribution in [0.2, 0.25) is 0 Å². The minimum Gasteiger partial charge on any atom is -0.357 e. The van der Waals surface area contributed by atoms with Gasteiger partial charge in [0.25, 0.3) is 0 Å². The Balaban J connectivity index is 0.00000392. The quantitative estimate of drug-likeness (QED) is 0.288. The van der Waals surface area contributed by atoms with Crippen LogP contribution in [0.25, 0.3) is 0 Å². The Labute approximate surface area is 185 Å². The van der Waals surface area contributed by atoms with Crippen LogP contribution in [0.1, 0.15) is 36.5 Å². The summed E-state index contributed by atoms with van der Waals surface area (Å²) in [4.78, 5) is 16.6. The second-order valence-electron chi connectivity index (χ2n) is 6.97. The molecule has 28 heavy (non-hydrogen) atoms. The number of nitrogens with zero attached hydrogens (tertiary/aromatic N) is 1. The number of carbonyl (C=O) groups is 1. The van der Waals surface area contributed by atoms with Crippen molar-refractivity contribution in [2.45, 2.75) is 46.2 Å². The van der Waals surface area contributed by atoms with E-state index in [2.05, 4.69) is 53.0 Å². The van der Waals surface area contributed by atoms with Crippen molar-refractivity contribution < 1.29 is 13.2 Å². The number of aliphatic imine (C=N–C) groups is 1. The molecule has 1 aromatic rings. The van der Waals surface area contributed by atoms with Crippen molar-refractivity contribution in [3.05, 3.63) is 34.9 Å². The van der Waals surface area contributed by atoms with Gasteiger partial charge in [-0.1, -0.05) is 23.8 Å². The second kappa shape index (κ2) is 11.6. The van der Waals surface area contributed by atoms with E-state index in [0.29, 0.717) is 25.5 Å². The number of halogens is 1. The lowest BCUT2D eigenvalue weighted by molar-refractivity contribution is -0.121. The summed E-state index contributed by atoms with van der Waals surface area (Å²) in [6, 6.07) is 6.04. The van der Waals surface area contributed by atoms with Gasteiger partial charge < -0.3 is 16.0 Å². The molecule has 1 amide bonds. The smallest absolute Gasteiger partial charge is 0.222 e. The molecule has 1 unspecified atom stereocenters. The predicted octanol–water partition coefficient (Wildman–Crippen LogP) is 1.67. The van der Waals surface area contributed by atoms with Gasteiger partial charge in [-0.2, -0.15) is 0 Å². The highest BCUT2D eigenvalue weighted by atomic mass is 127. The van der Waals surface area contributed by atoms with E-state index in [4.69, 9.17) is 0 Å². The van der Waals surface area contributed by atoms with E-state index in [1.807, 2.05) is 6.92 Å². The van der Waals surface area contributed by atoms with Crippen molar-refractivity contribution in [3.63, 3.8) is 0 Å². The van der Waals surface area contributed by atoms with E-state index in [9.17, 15) is 13.2 Å². The zero-order chi connectivity index (χ0) is 19.9. The Morgan fingerprint density at radius 2 is 2.00 bits per heavy atom. The number of carbonyl (C=O) groups excluding carboxylic acids is 1. The highest BCUT2D eigenvalue weighted by Gasteiger charge is 2.28. The van der Waals surface area contributed by atoms with E-state index in [1.54, 1.807) is 0 Å². The van der Waals surface area contributed by atoms with Gasteiger partial charge in [-0.15, -0.1) is 24.0 Å². The molecule has 1 aliphatic rings. The number of guanidine groups is 1. The number of rotatable bonds is 7. The maximum atomic E-state index is 12.0. The zero-order valence-corrected chi connectivity index (χ0v) is 19.9. The van der Waals surface area contributed by atoms with Gasteiger partial charge in [-0.3, -0.25) is 4.79 Å². The fourth-order valence-corrected chi connectivity index (χ4v) is 4.71. The first kappa shape index (κ1) is 24.7. The predicted molar refractivity (Wildman–Crippen MR) is 124 cm³/mol. The minimum absolute atomic E-state index is 0. The van der Waals surface area contributed by atoms with E-state index < -0.39 is 9.84 Å². The first-order chi connectivity index (χ1) is 12.8. The van der Waals surface area contributed by atoms with Gasteiger partial charge in [0.15, 0.2) is 15.8 Å². The molecule has 0 aliphatic carbocycles. The van der Waals surface area contributed by atoms with E-state index in [1.165, 1.54) is 11.1 Å². The maximum absolute atomic E-state index is 12.0. The van der Waals surface area contributed by atoms with Crippen LogP contribution in [-0.2, 0) is 21.2 Å². The van der Waals surface area contributed by atoms with Crippen LogP contribution in [0.3, 0.4) is 0 Å². The third-order valence-corrected chi connectivity index (χ3v) is 6.26. The molecule has 1 heterocycles. The number of hydrogen-bond donors (Lipinski definition) is 3. The number of amides is 1. The molecular formula is C19H31IN4O3S. The van der Waals surface area contributed by atoms with Crippen molar-refractivity contribution in [3.8, 4) is 0 Å². The monoisotopic (exact) mass is 522 g/mol. The molecule has 0 bridgehead atoms. The van der Waals surface area contributed by atoms with Crippen LogP contribution in [0.15, 0.2) is 23.2 Å². The average Bonchev–Trinajstić information content (AvgIpc) is 2.92. The Hall–Kier alpha value is -1.36. The largest absolute Gasteiger partial charge is 0.357 e. The Bertz CT molecular complexity index is 796. The normalized spacial score (nSPS) is 18.2. The third kappa shape index (κ3) is 8.34. The molecule has 9 heteroatoms. The van der Waals surface area contributed by atoms with Gasteiger partial charge >= 0.3 is 0 Å². The molecular weight excluding hydrogens is 491 g/mol. The molecule has 3 N–H and O–H groups in total. The molecule has 1 aromatic carbocycles. The summed E-state index contributed by atoms with van der Waals surface area (Å²) in [6.07, 6.45) is 0.770. The third-order valence-electron chi connectivity index (χ3n) is 4.49. The van der Waals surface area contributed by atoms with Crippen molar-refractivity contribution in [2.75, 3.05) is 24.6 Å². The van der Waals surface area contributed by atoms with Gasteiger partial charge in [-0.25, -0.2) is 13.4 Å². The van der Waals surface area contributed by atoms with Crippen LogP contribution in [-0.4, -0.2) is 50.9 Å². The van der Waals surface area contributed by atoms with Crippen LogP contribution in [0.4, 0.5) is 0 Å². The molecule has 0 saturated carbocycles. The van der Waals surface area contributed by atoms with Crippen molar-refractivity contribution >= 4 is 45.7 Å². The number of hydrogen-bond acceptors (Lipinski definition) is 4. The highest BCUT2D eigenvalue weighted by molar-refractivity contribution is 14.0.